The van der Waals surface area contributed by atoms with Crippen molar-refractivity contribution in [2.75, 3.05) is 10.6 Å². The maximum atomic E-state index is 8.72. The predicted octanol–water partition coefficient (Wildman–Crippen LogP) is 3.24. The fraction of sp³-hybridized carbons (Fsp3) is 0. The largest absolute Gasteiger partial charge is 0.332 e. The van der Waals surface area contributed by atoms with E-state index < -0.39 is 0 Å². The normalized spacial score (nSPS) is 9.10. The van der Waals surface area contributed by atoms with Crippen molar-refractivity contribution in [3.8, 4) is 12.1 Å². The van der Waals surface area contributed by atoms with Gasteiger partial charge in [-0.2, -0.15) is 10.5 Å². The first kappa shape index (κ1) is 13.5. The molecule has 2 N–H and O–H groups in total. The van der Waals surface area contributed by atoms with Crippen molar-refractivity contribution >= 4 is 28.7 Å². The molecule has 96 valence electrons. The minimum absolute atomic E-state index is 0.444. The summed E-state index contributed by atoms with van der Waals surface area (Å²) in [5.41, 5.74) is 2.80. The Labute approximate surface area is 122 Å². The first-order chi connectivity index (χ1) is 9.71. The van der Waals surface area contributed by atoms with Crippen LogP contribution >= 0.6 is 12.2 Å². The molecule has 0 spiro atoms. The highest BCUT2D eigenvalue weighted by molar-refractivity contribution is 7.80. The molecule has 5 heteroatoms. The number of thiocarbonyl (C=S) groups is 1. The van der Waals surface area contributed by atoms with Gasteiger partial charge in [-0.1, -0.05) is 0 Å². The molecule has 0 aliphatic heterocycles. The minimum atomic E-state index is 0.444. The molecular weight excluding hydrogens is 268 g/mol. The number of nitriles is 2. The average Bonchev–Trinajstić information content (AvgIpc) is 2.49. The summed E-state index contributed by atoms with van der Waals surface area (Å²) in [7, 11) is 0. The Morgan fingerprint density at radius 3 is 1.40 bits per heavy atom. The van der Waals surface area contributed by atoms with E-state index in [1.165, 1.54) is 0 Å². The lowest BCUT2D eigenvalue weighted by molar-refractivity contribution is 1.48. The van der Waals surface area contributed by atoms with E-state index in [0.717, 1.165) is 11.4 Å². The Morgan fingerprint density at radius 2 is 1.10 bits per heavy atom. The van der Waals surface area contributed by atoms with Gasteiger partial charge in [0.05, 0.1) is 23.3 Å². The van der Waals surface area contributed by atoms with Crippen LogP contribution in [0.25, 0.3) is 0 Å². The second-order valence-corrected chi connectivity index (χ2v) is 4.37. The first-order valence-electron chi connectivity index (χ1n) is 5.79. The smallest absolute Gasteiger partial charge is 0.175 e. The van der Waals surface area contributed by atoms with Crippen molar-refractivity contribution in [2.24, 2.45) is 0 Å². The number of rotatable bonds is 2. The summed E-state index contributed by atoms with van der Waals surface area (Å²) in [5.74, 6) is 0. The van der Waals surface area contributed by atoms with Crippen LogP contribution in [0.2, 0.25) is 0 Å². The van der Waals surface area contributed by atoms with Gasteiger partial charge in [0.2, 0.25) is 0 Å². The molecule has 0 atom stereocenters. The molecule has 20 heavy (non-hydrogen) atoms. The summed E-state index contributed by atoms with van der Waals surface area (Å²) in [6.07, 6.45) is 0. The van der Waals surface area contributed by atoms with Gasteiger partial charge >= 0.3 is 0 Å². The lowest BCUT2D eigenvalue weighted by atomic mass is 10.2. The lowest BCUT2D eigenvalue weighted by Gasteiger charge is -2.10. The number of hydrogen-bond donors (Lipinski definition) is 2. The summed E-state index contributed by atoms with van der Waals surface area (Å²) in [4.78, 5) is 0. The van der Waals surface area contributed by atoms with E-state index in [-0.39, 0.29) is 0 Å². The van der Waals surface area contributed by atoms with Crippen molar-refractivity contribution in [1.82, 2.24) is 0 Å². The van der Waals surface area contributed by atoms with Crippen LogP contribution in [0.4, 0.5) is 11.4 Å². The summed E-state index contributed by atoms with van der Waals surface area (Å²) < 4.78 is 0. The molecule has 0 bridgehead atoms. The van der Waals surface area contributed by atoms with Gasteiger partial charge in [-0.15, -0.1) is 0 Å². The second kappa shape index (κ2) is 6.33. The van der Waals surface area contributed by atoms with Crippen molar-refractivity contribution in [1.29, 1.82) is 10.5 Å². The van der Waals surface area contributed by atoms with Crippen molar-refractivity contribution in [3.05, 3.63) is 59.7 Å². The maximum Gasteiger partial charge on any atom is 0.175 e. The summed E-state index contributed by atoms with van der Waals surface area (Å²) >= 11 is 5.19. The van der Waals surface area contributed by atoms with E-state index in [9.17, 15) is 0 Å². The van der Waals surface area contributed by atoms with Crippen molar-refractivity contribution in [2.45, 2.75) is 0 Å². The van der Waals surface area contributed by atoms with Gasteiger partial charge in [0.25, 0.3) is 0 Å². The van der Waals surface area contributed by atoms with E-state index in [1.54, 1.807) is 48.5 Å². The molecule has 2 aromatic carbocycles. The quantitative estimate of drug-likeness (QED) is 0.825. The summed E-state index contributed by atoms with van der Waals surface area (Å²) in [6.45, 7) is 0. The number of anilines is 2. The molecule has 0 aromatic heterocycles. The van der Waals surface area contributed by atoms with Crippen LogP contribution in [-0.2, 0) is 0 Å². The van der Waals surface area contributed by atoms with Crippen LogP contribution in [0.1, 0.15) is 11.1 Å². The monoisotopic (exact) mass is 278 g/mol. The molecule has 2 aromatic rings. The van der Waals surface area contributed by atoms with Gasteiger partial charge in [0.15, 0.2) is 5.11 Å². The van der Waals surface area contributed by atoms with Crippen molar-refractivity contribution < 1.29 is 0 Å². The Hall–Kier alpha value is -2.89. The fourth-order valence-electron chi connectivity index (χ4n) is 1.55. The molecule has 0 heterocycles. The molecular formula is C15H10N4S. The van der Waals surface area contributed by atoms with Crippen LogP contribution in [0.3, 0.4) is 0 Å². The SMILES string of the molecule is N#Cc1ccc(NC(=S)Nc2ccc(C#N)cc2)cc1. The Balaban J connectivity index is 1.97. The highest BCUT2D eigenvalue weighted by atomic mass is 32.1. The van der Waals surface area contributed by atoms with Gasteiger partial charge in [0, 0.05) is 11.4 Å². The van der Waals surface area contributed by atoms with Crippen LogP contribution in [0.15, 0.2) is 48.5 Å². The Morgan fingerprint density at radius 1 is 0.750 bits per heavy atom. The van der Waals surface area contributed by atoms with E-state index in [0.29, 0.717) is 16.2 Å². The molecule has 0 radical (unpaired) electrons. The number of benzene rings is 2. The number of nitrogens with zero attached hydrogens (tertiary/aromatic N) is 2. The van der Waals surface area contributed by atoms with Crippen LogP contribution in [0, 0.1) is 22.7 Å². The van der Waals surface area contributed by atoms with Gasteiger partial charge < -0.3 is 10.6 Å². The molecule has 0 aliphatic carbocycles. The molecule has 0 saturated heterocycles. The van der Waals surface area contributed by atoms with Gasteiger partial charge in [-0.3, -0.25) is 0 Å². The Bertz CT molecular complexity index is 629. The molecule has 4 nitrogen and oxygen atoms in total. The van der Waals surface area contributed by atoms with Gasteiger partial charge in [0.1, 0.15) is 0 Å². The zero-order valence-electron chi connectivity index (χ0n) is 10.4. The minimum Gasteiger partial charge on any atom is -0.332 e. The van der Waals surface area contributed by atoms with Crippen LogP contribution < -0.4 is 10.6 Å². The highest BCUT2D eigenvalue weighted by Crippen LogP contribution is 2.12. The van der Waals surface area contributed by atoms with E-state index in [2.05, 4.69) is 22.8 Å². The van der Waals surface area contributed by atoms with Crippen molar-refractivity contribution in [3.63, 3.8) is 0 Å². The zero-order valence-corrected chi connectivity index (χ0v) is 11.2. The van der Waals surface area contributed by atoms with Gasteiger partial charge in [-0.25, -0.2) is 0 Å². The lowest BCUT2D eigenvalue weighted by Crippen LogP contribution is -2.18. The molecule has 0 unspecified atom stereocenters. The summed E-state index contributed by atoms with van der Waals surface area (Å²) in [5, 5.41) is 23.9. The molecule has 0 fully saturated rings. The van der Waals surface area contributed by atoms with Gasteiger partial charge in [-0.05, 0) is 60.7 Å². The van der Waals surface area contributed by atoms with Crippen LogP contribution in [0.5, 0.6) is 0 Å². The molecule has 0 saturated carbocycles. The standard InChI is InChI=1S/C15H10N4S/c16-9-11-1-5-13(6-2-11)18-15(20)19-14-7-3-12(10-17)4-8-14/h1-8H,(H2,18,19,20). The molecule has 0 aliphatic rings. The third-order valence-electron chi connectivity index (χ3n) is 2.54. The topological polar surface area (TPSA) is 71.6 Å². The fourth-order valence-corrected chi connectivity index (χ4v) is 1.79. The number of hydrogen-bond acceptors (Lipinski definition) is 3. The Kier molecular flexibility index (Phi) is 4.28. The number of nitrogens with one attached hydrogen (secondary N) is 2. The third kappa shape index (κ3) is 3.55. The van der Waals surface area contributed by atoms with E-state index >= 15 is 0 Å². The summed E-state index contributed by atoms with van der Waals surface area (Å²) in [6, 6.07) is 18.1. The van der Waals surface area contributed by atoms with E-state index in [1.807, 2.05) is 0 Å². The second-order valence-electron chi connectivity index (χ2n) is 3.96. The average molecular weight is 278 g/mol. The third-order valence-corrected chi connectivity index (χ3v) is 2.75. The highest BCUT2D eigenvalue weighted by Gasteiger charge is 1.99. The first-order valence-corrected chi connectivity index (χ1v) is 6.20. The van der Waals surface area contributed by atoms with Crippen LogP contribution in [-0.4, -0.2) is 5.11 Å². The predicted molar refractivity (Wildman–Crippen MR) is 82.2 cm³/mol. The zero-order chi connectivity index (χ0) is 14.4. The molecule has 0 amide bonds. The maximum absolute atomic E-state index is 8.72. The molecule has 2 rings (SSSR count). The van der Waals surface area contributed by atoms with E-state index in [4.69, 9.17) is 22.7 Å².